The van der Waals surface area contributed by atoms with Gasteiger partial charge in [0.1, 0.15) is 11.7 Å². The number of fused-ring (bicyclic) bond motifs is 6. The van der Waals surface area contributed by atoms with Crippen LogP contribution >= 0.6 is 22.7 Å². The average Bonchev–Trinajstić information content (AvgIpc) is 3.28. The van der Waals surface area contributed by atoms with Crippen LogP contribution in [0, 0.1) is 5.92 Å². The molecule has 0 spiro atoms. The zero-order valence-electron chi connectivity index (χ0n) is 15.1. The molecule has 4 heterocycles. The van der Waals surface area contributed by atoms with Crippen molar-refractivity contribution in [1.82, 2.24) is 4.57 Å². The van der Waals surface area contributed by atoms with Crippen LogP contribution in [0.15, 0.2) is 51.6 Å². The van der Waals surface area contributed by atoms with Gasteiger partial charge < -0.3 is 9.47 Å². The molecule has 3 atom stereocenters. The highest BCUT2D eigenvalue weighted by Gasteiger charge is 2.55. The molecule has 6 nitrogen and oxygen atoms in total. The number of nitrogens with zero attached hydrogens (tertiary/aromatic N) is 2. The Balaban J connectivity index is 1.83. The van der Waals surface area contributed by atoms with Crippen LogP contribution in [0.1, 0.15) is 23.4 Å². The van der Waals surface area contributed by atoms with Gasteiger partial charge in [0.25, 0.3) is 5.56 Å². The maximum absolute atomic E-state index is 13.3. The van der Waals surface area contributed by atoms with Gasteiger partial charge in [0.05, 0.1) is 17.7 Å². The van der Waals surface area contributed by atoms with E-state index in [1.165, 1.54) is 18.4 Å². The standard InChI is InChI=1S/C20H16N2O4S2/c1-20-15(18(24)25-2)16(12-7-3-4-8-13(12)26-20)22-17(23)14(28-19(22)21-20)10-11-6-5-9-27-11/h3-10,15-16H,1-2H3/b14-10+/t15?,16?,20-/m0/s1. The van der Waals surface area contributed by atoms with Crippen LogP contribution in [0.5, 0.6) is 5.75 Å². The van der Waals surface area contributed by atoms with Crippen LogP contribution in [-0.2, 0) is 9.53 Å². The Morgan fingerprint density at radius 1 is 1.32 bits per heavy atom. The maximum atomic E-state index is 13.3. The van der Waals surface area contributed by atoms with Gasteiger partial charge in [0.15, 0.2) is 4.80 Å². The monoisotopic (exact) mass is 412 g/mol. The number of carbonyl (C=O) groups is 1. The number of hydrogen-bond donors (Lipinski definition) is 0. The van der Waals surface area contributed by atoms with E-state index in [-0.39, 0.29) is 5.56 Å². The minimum atomic E-state index is -1.14. The molecule has 0 saturated carbocycles. The summed E-state index contributed by atoms with van der Waals surface area (Å²) in [5.74, 6) is -0.563. The molecule has 3 aromatic rings. The van der Waals surface area contributed by atoms with Crippen LogP contribution in [-0.4, -0.2) is 23.4 Å². The van der Waals surface area contributed by atoms with Crippen molar-refractivity contribution in [3.63, 3.8) is 0 Å². The van der Waals surface area contributed by atoms with Gasteiger partial charge >= 0.3 is 5.97 Å². The Labute approximate surface area is 168 Å². The highest BCUT2D eigenvalue weighted by molar-refractivity contribution is 7.11. The molecule has 142 valence electrons. The summed E-state index contributed by atoms with van der Waals surface area (Å²) in [6, 6.07) is 10.8. The fourth-order valence-corrected chi connectivity index (χ4v) is 5.76. The number of esters is 1. The first-order valence-corrected chi connectivity index (χ1v) is 10.4. The van der Waals surface area contributed by atoms with Crippen molar-refractivity contribution in [2.24, 2.45) is 10.9 Å². The van der Waals surface area contributed by atoms with E-state index in [0.717, 1.165) is 10.4 Å². The summed E-state index contributed by atoms with van der Waals surface area (Å²) >= 11 is 2.88. The molecule has 0 fully saturated rings. The summed E-state index contributed by atoms with van der Waals surface area (Å²) in [5.41, 5.74) is -0.507. The van der Waals surface area contributed by atoms with Crippen LogP contribution < -0.4 is 19.6 Å². The minimum absolute atomic E-state index is 0.158. The van der Waals surface area contributed by atoms with Gasteiger partial charge in [-0.3, -0.25) is 14.2 Å². The molecule has 5 rings (SSSR count). The number of thiophene rings is 1. The predicted molar refractivity (Wildman–Crippen MR) is 106 cm³/mol. The van der Waals surface area contributed by atoms with Crippen molar-refractivity contribution < 1.29 is 14.3 Å². The maximum Gasteiger partial charge on any atom is 0.317 e. The minimum Gasteiger partial charge on any atom is -0.469 e. The molecule has 0 radical (unpaired) electrons. The predicted octanol–water partition coefficient (Wildman–Crippen LogP) is 1.92. The van der Waals surface area contributed by atoms with Crippen LogP contribution in [0.4, 0.5) is 0 Å². The largest absolute Gasteiger partial charge is 0.469 e. The van der Waals surface area contributed by atoms with Crippen LogP contribution in [0.2, 0.25) is 0 Å². The second kappa shape index (κ2) is 6.15. The number of rotatable bonds is 2. The zero-order valence-corrected chi connectivity index (χ0v) is 16.8. The number of methoxy groups -OCH3 is 1. The van der Waals surface area contributed by atoms with Crippen molar-refractivity contribution in [3.8, 4) is 5.75 Å². The van der Waals surface area contributed by atoms with Gasteiger partial charge in [0, 0.05) is 10.4 Å². The lowest BCUT2D eigenvalue weighted by Gasteiger charge is -2.44. The van der Waals surface area contributed by atoms with Crippen molar-refractivity contribution in [3.05, 3.63) is 71.9 Å². The SMILES string of the molecule is COC(=O)C1C2c3ccccc3O[C@]1(C)N=c1s/c(=C/c3cccs3)c(=O)n12. The molecule has 0 aliphatic carbocycles. The van der Waals surface area contributed by atoms with E-state index in [4.69, 9.17) is 14.5 Å². The van der Waals surface area contributed by atoms with Gasteiger partial charge in [-0.15, -0.1) is 11.3 Å². The lowest BCUT2D eigenvalue weighted by Crippen LogP contribution is -2.58. The fourth-order valence-electron chi connectivity index (χ4n) is 3.93. The van der Waals surface area contributed by atoms with E-state index < -0.39 is 23.7 Å². The van der Waals surface area contributed by atoms with Crippen LogP contribution in [0.3, 0.4) is 0 Å². The number of para-hydroxylation sites is 1. The number of thiazole rings is 1. The zero-order chi connectivity index (χ0) is 19.5. The van der Waals surface area contributed by atoms with Gasteiger partial charge in [0.2, 0.25) is 5.72 Å². The Morgan fingerprint density at radius 2 is 2.14 bits per heavy atom. The van der Waals surface area contributed by atoms with E-state index in [2.05, 4.69) is 0 Å². The van der Waals surface area contributed by atoms with Gasteiger partial charge in [-0.1, -0.05) is 35.6 Å². The molecule has 28 heavy (non-hydrogen) atoms. The molecule has 0 amide bonds. The molecular formula is C20H16N2O4S2. The smallest absolute Gasteiger partial charge is 0.317 e. The van der Waals surface area contributed by atoms with E-state index in [9.17, 15) is 9.59 Å². The van der Waals surface area contributed by atoms with Crippen molar-refractivity contribution in [1.29, 1.82) is 0 Å². The second-order valence-corrected chi connectivity index (χ2v) is 8.82. The molecule has 0 N–H and O–H groups in total. The number of carbonyl (C=O) groups excluding carboxylic acids is 1. The number of benzene rings is 1. The van der Waals surface area contributed by atoms with E-state index in [1.807, 2.05) is 47.9 Å². The van der Waals surface area contributed by atoms with E-state index in [1.54, 1.807) is 22.8 Å². The normalized spacial score (nSPS) is 25.3. The third-order valence-corrected chi connectivity index (χ3v) is 6.95. The first kappa shape index (κ1) is 17.4. The lowest BCUT2D eigenvalue weighted by atomic mass is 9.81. The number of hydrogen-bond acceptors (Lipinski definition) is 7. The second-order valence-electron chi connectivity index (χ2n) is 6.84. The Morgan fingerprint density at radius 3 is 2.89 bits per heavy atom. The van der Waals surface area contributed by atoms with Gasteiger partial charge in [-0.25, -0.2) is 4.99 Å². The fraction of sp³-hybridized carbons (Fsp3) is 0.250. The van der Waals surface area contributed by atoms with Gasteiger partial charge in [-0.2, -0.15) is 0 Å². The molecule has 2 aromatic heterocycles. The molecule has 1 aromatic carbocycles. The molecule has 2 unspecified atom stereocenters. The first-order valence-electron chi connectivity index (χ1n) is 8.74. The van der Waals surface area contributed by atoms with Crippen molar-refractivity contribution >= 4 is 34.7 Å². The van der Waals surface area contributed by atoms with E-state index in [0.29, 0.717) is 15.1 Å². The summed E-state index contributed by atoms with van der Waals surface area (Å²) < 4.78 is 13.4. The Kier molecular flexibility index (Phi) is 3.82. The molecule has 8 heteroatoms. The Hall–Kier alpha value is -2.71. The van der Waals surface area contributed by atoms with Crippen molar-refractivity contribution in [2.45, 2.75) is 18.7 Å². The summed E-state index contributed by atoms with van der Waals surface area (Å²) in [4.78, 5) is 32.2. The molecule has 2 aliphatic rings. The number of aromatic nitrogens is 1. The molecule has 0 saturated heterocycles. The highest BCUT2D eigenvalue weighted by Crippen LogP contribution is 2.47. The average molecular weight is 412 g/mol. The summed E-state index contributed by atoms with van der Waals surface area (Å²) in [7, 11) is 1.34. The third kappa shape index (κ3) is 2.41. The topological polar surface area (TPSA) is 69.9 Å². The first-order chi connectivity index (χ1) is 13.5. The lowest BCUT2D eigenvalue weighted by molar-refractivity contribution is -0.158. The number of ether oxygens (including phenoxy) is 2. The van der Waals surface area contributed by atoms with Gasteiger partial charge in [-0.05, 0) is 30.5 Å². The molecule has 2 bridgehead atoms. The highest BCUT2D eigenvalue weighted by atomic mass is 32.1. The Bertz CT molecular complexity index is 1260. The summed E-state index contributed by atoms with van der Waals surface area (Å²) in [6.45, 7) is 1.77. The third-order valence-electron chi connectivity index (χ3n) is 5.15. The quantitative estimate of drug-likeness (QED) is 0.603. The summed E-state index contributed by atoms with van der Waals surface area (Å²) in [6.07, 6.45) is 1.87. The molecule has 2 aliphatic heterocycles. The summed E-state index contributed by atoms with van der Waals surface area (Å²) in [5, 5.41) is 1.97. The molecular weight excluding hydrogens is 396 g/mol. The van der Waals surface area contributed by atoms with Crippen LogP contribution in [0.25, 0.3) is 6.08 Å². The van der Waals surface area contributed by atoms with Crippen molar-refractivity contribution in [2.75, 3.05) is 7.11 Å². The van der Waals surface area contributed by atoms with E-state index >= 15 is 0 Å².